The first-order valence-electron chi connectivity index (χ1n) is 7.83. The lowest BCUT2D eigenvalue weighted by atomic mass is 9.64. The predicted octanol–water partition coefficient (Wildman–Crippen LogP) is 2.31. The molecule has 3 aliphatic rings. The second-order valence-electron chi connectivity index (χ2n) is 6.83. The number of carbonyl (C=O) groups excluding carboxylic acids is 1. The zero-order valence-corrected chi connectivity index (χ0v) is 12.6. The van der Waals surface area contributed by atoms with Crippen LogP contribution in [0.25, 0.3) is 0 Å². The third-order valence-corrected chi connectivity index (χ3v) is 5.45. The molecule has 1 saturated carbocycles. The Labute approximate surface area is 121 Å². The molecule has 0 unspecified atom stereocenters. The standard InChI is InChI=1S/C17H25NO2/c1-12-9-13-11-15(19)14-5-3-7-18(2)8-4-6-17(13,14)16(20)10-12/h5,10,13,15,19H,3-4,6-9,11H2,1-2H3/t13-,15+,17-/m0/s1. The van der Waals surface area contributed by atoms with Gasteiger partial charge in [0.15, 0.2) is 5.78 Å². The second-order valence-corrected chi connectivity index (χ2v) is 6.83. The van der Waals surface area contributed by atoms with Crippen LogP contribution in [0.3, 0.4) is 0 Å². The molecule has 3 atom stereocenters. The number of allylic oxidation sites excluding steroid dienone is 2. The van der Waals surface area contributed by atoms with Crippen LogP contribution in [-0.4, -0.2) is 42.0 Å². The lowest BCUT2D eigenvalue weighted by Gasteiger charge is -2.38. The van der Waals surface area contributed by atoms with E-state index in [4.69, 9.17) is 0 Å². The molecule has 110 valence electrons. The number of hydrogen-bond donors (Lipinski definition) is 1. The maximum atomic E-state index is 12.8. The van der Waals surface area contributed by atoms with Gasteiger partial charge in [-0.15, -0.1) is 0 Å². The van der Waals surface area contributed by atoms with E-state index in [1.807, 2.05) is 13.0 Å². The number of aliphatic hydroxyl groups is 1. The zero-order chi connectivity index (χ0) is 14.3. The van der Waals surface area contributed by atoms with Crippen molar-refractivity contribution in [3.05, 3.63) is 23.3 Å². The molecule has 0 amide bonds. The summed E-state index contributed by atoms with van der Waals surface area (Å²) in [7, 11) is 2.14. The summed E-state index contributed by atoms with van der Waals surface area (Å²) < 4.78 is 0. The van der Waals surface area contributed by atoms with Crippen molar-refractivity contribution in [3.63, 3.8) is 0 Å². The maximum absolute atomic E-state index is 12.8. The predicted molar refractivity (Wildman–Crippen MR) is 79.4 cm³/mol. The topological polar surface area (TPSA) is 40.5 Å². The van der Waals surface area contributed by atoms with Crippen molar-refractivity contribution in [1.82, 2.24) is 4.90 Å². The van der Waals surface area contributed by atoms with E-state index >= 15 is 0 Å². The smallest absolute Gasteiger partial charge is 0.166 e. The third kappa shape index (κ3) is 2.08. The van der Waals surface area contributed by atoms with E-state index in [1.165, 1.54) is 5.57 Å². The van der Waals surface area contributed by atoms with Crippen LogP contribution in [0.1, 0.15) is 39.0 Å². The highest BCUT2D eigenvalue weighted by atomic mass is 16.3. The van der Waals surface area contributed by atoms with Crippen molar-refractivity contribution in [1.29, 1.82) is 0 Å². The quantitative estimate of drug-likeness (QED) is 0.690. The molecular formula is C17H25NO2. The number of hydrogen-bond acceptors (Lipinski definition) is 3. The van der Waals surface area contributed by atoms with Crippen LogP contribution in [0, 0.1) is 11.3 Å². The molecule has 0 aromatic rings. The van der Waals surface area contributed by atoms with Crippen LogP contribution in [0.2, 0.25) is 0 Å². The molecule has 2 aliphatic carbocycles. The Bertz CT molecular complexity index is 479. The van der Waals surface area contributed by atoms with Gasteiger partial charge in [-0.05, 0) is 70.2 Å². The van der Waals surface area contributed by atoms with E-state index < -0.39 is 6.10 Å². The maximum Gasteiger partial charge on any atom is 0.166 e. The number of carbonyl (C=O) groups is 1. The summed E-state index contributed by atoms with van der Waals surface area (Å²) in [5, 5.41) is 10.5. The monoisotopic (exact) mass is 275 g/mol. The molecule has 1 N–H and O–H groups in total. The van der Waals surface area contributed by atoms with Crippen LogP contribution < -0.4 is 0 Å². The number of nitrogens with zero attached hydrogens (tertiary/aromatic N) is 1. The van der Waals surface area contributed by atoms with Crippen LogP contribution >= 0.6 is 0 Å². The number of rotatable bonds is 0. The van der Waals surface area contributed by atoms with Gasteiger partial charge in [-0.1, -0.05) is 11.6 Å². The molecule has 0 bridgehead atoms. The van der Waals surface area contributed by atoms with E-state index in [0.717, 1.165) is 50.8 Å². The van der Waals surface area contributed by atoms with Crippen LogP contribution in [0.5, 0.6) is 0 Å². The van der Waals surface area contributed by atoms with E-state index in [2.05, 4.69) is 18.0 Å². The van der Waals surface area contributed by atoms with Crippen LogP contribution in [-0.2, 0) is 4.79 Å². The van der Waals surface area contributed by atoms with Gasteiger partial charge in [-0.2, -0.15) is 0 Å². The fraction of sp³-hybridized carbons (Fsp3) is 0.706. The van der Waals surface area contributed by atoms with Gasteiger partial charge in [0.1, 0.15) is 0 Å². The van der Waals surface area contributed by atoms with Gasteiger partial charge in [-0.3, -0.25) is 4.79 Å². The fourth-order valence-electron chi connectivity index (χ4n) is 4.50. The van der Waals surface area contributed by atoms with Crippen molar-refractivity contribution in [3.8, 4) is 0 Å². The van der Waals surface area contributed by atoms with Crippen molar-refractivity contribution >= 4 is 5.78 Å². The summed E-state index contributed by atoms with van der Waals surface area (Å²) in [5.74, 6) is 0.559. The van der Waals surface area contributed by atoms with Crippen molar-refractivity contribution in [2.24, 2.45) is 11.3 Å². The Kier molecular flexibility index (Phi) is 3.59. The number of aliphatic hydroxyl groups excluding tert-OH is 1. The molecule has 3 heteroatoms. The van der Waals surface area contributed by atoms with E-state index in [-0.39, 0.29) is 11.2 Å². The first kappa shape index (κ1) is 14.0. The van der Waals surface area contributed by atoms with E-state index in [1.54, 1.807) is 0 Å². The van der Waals surface area contributed by atoms with Crippen molar-refractivity contribution < 1.29 is 9.90 Å². The zero-order valence-electron chi connectivity index (χ0n) is 12.6. The largest absolute Gasteiger partial charge is 0.389 e. The normalized spacial score (nSPS) is 39.0. The highest BCUT2D eigenvalue weighted by molar-refractivity contribution is 5.99. The average Bonchev–Trinajstić information content (AvgIpc) is 2.67. The molecule has 0 aromatic carbocycles. The Morgan fingerprint density at radius 1 is 1.40 bits per heavy atom. The second kappa shape index (κ2) is 5.12. The Morgan fingerprint density at radius 2 is 2.20 bits per heavy atom. The molecule has 1 fully saturated rings. The fourth-order valence-corrected chi connectivity index (χ4v) is 4.50. The molecule has 1 spiro atoms. The SMILES string of the molecule is CC1=CC(=O)[C@]23CCCN(C)CCC=C2[C@H](O)C[C@@H]3C1. The van der Waals surface area contributed by atoms with Gasteiger partial charge >= 0.3 is 0 Å². The molecule has 3 rings (SSSR count). The van der Waals surface area contributed by atoms with Gasteiger partial charge < -0.3 is 10.0 Å². The lowest BCUT2D eigenvalue weighted by molar-refractivity contribution is -0.125. The van der Waals surface area contributed by atoms with Gasteiger partial charge in [0.05, 0.1) is 11.5 Å². The Balaban J connectivity index is 2.03. The summed E-state index contributed by atoms with van der Waals surface area (Å²) in [4.78, 5) is 15.1. The van der Waals surface area contributed by atoms with Crippen LogP contribution in [0.4, 0.5) is 0 Å². The molecule has 0 radical (unpaired) electrons. The molecule has 0 saturated heterocycles. The van der Waals surface area contributed by atoms with Gasteiger partial charge in [0.2, 0.25) is 0 Å². The Morgan fingerprint density at radius 3 is 3.00 bits per heavy atom. The lowest BCUT2D eigenvalue weighted by Crippen LogP contribution is -2.39. The van der Waals surface area contributed by atoms with Crippen molar-refractivity contribution in [2.45, 2.75) is 45.1 Å². The van der Waals surface area contributed by atoms with Gasteiger partial charge in [0.25, 0.3) is 0 Å². The molecular weight excluding hydrogens is 250 g/mol. The summed E-state index contributed by atoms with van der Waals surface area (Å²) >= 11 is 0. The minimum atomic E-state index is -0.411. The number of ketones is 1. The molecule has 1 heterocycles. The van der Waals surface area contributed by atoms with E-state index in [9.17, 15) is 9.90 Å². The summed E-state index contributed by atoms with van der Waals surface area (Å²) in [6, 6.07) is 0. The van der Waals surface area contributed by atoms with Crippen LogP contribution in [0.15, 0.2) is 23.3 Å². The minimum absolute atomic E-state index is 0.249. The average molecular weight is 275 g/mol. The first-order chi connectivity index (χ1) is 9.54. The highest BCUT2D eigenvalue weighted by Crippen LogP contribution is 2.56. The molecule has 3 nitrogen and oxygen atoms in total. The Hall–Kier alpha value is -0.930. The summed E-state index contributed by atoms with van der Waals surface area (Å²) in [5.41, 5.74) is 1.83. The van der Waals surface area contributed by atoms with E-state index in [0.29, 0.717) is 5.92 Å². The first-order valence-corrected chi connectivity index (χ1v) is 7.83. The van der Waals surface area contributed by atoms with Gasteiger partial charge in [-0.25, -0.2) is 0 Å². The van der Waals surface area contributed by atoms with Crippen molar-refractivity contribution in [2.75, 3.05) is 20.1 Å². The highest BCUT2D eigenvalue weighted by Gasteiger charge is 2.55. The summed E-state index contributed by atoms with van der Waals surface area (Å²) in [6.45, 7) is 4.10. The third-order valence-electron chi connectivity index (χ3n) is 5.45. The molecule has 20 heavy (non-hydrogen) atoms. The van der Waals surface area contributed by atoms with Gasteiger partial charge in [0, 0.05) is 6.54 Å². The summed E-state index contributed by atoms with van der Waals surface area (Å²) in [6.07, 6.45) is 8.19. The molecule has 1 aliphatic heterocycles. The molecule has 0 aromatic heterocycles. The minimum Gasteiger partial charge on any atom is -0.389 e.